The molecule has 0 aliphatic carbocycles. The van der Waals surface area contributed by atoms with Gasteiger partial charge in [0.25, 0.3) is 0 Å². The van der Waals surface area contributed by atoms with Gasteiger partial charge in [0.1, 0.15) is 5.58 Å². The van der Waals surface area contributed by atoms with E-state index in [1.807, 2.05) is 12.1 Å². The summed E-state index contributed by atoms with van der Waals surface area (Å²) in [7, 11) is 0. The van der Waals surface area contributed by atoms with Crippen molar-refractivity contribution in [2.45, 2.75) is 0 Å². The lowest BCUT2D eigenvalue weighted by atomic mass is 10.1. The first-order valence-electron chi connectivity index (χ1n) is 5.73. The van der Waals surface area contributed by atoms with Gasteiger partial charge in [0.05, 0.1) is 0 Å². The second kappa shape index (κ2) is 5.35. The van der Waals surface area contributed by atoms with Crippen molar-refractivity contribution in [2.24, 2.45) is 0 Å². The molecule has 0 aliphatic heterocycles. The summed E-state index contributed by atoms with van der Waals surface area (Å²) in [5, 5.41) is 1.43. The van der Waals surface area contributed by atoms with Crippen molar-refractivity contribution in [1.29, 1.82) is 0 Å². The van der Waals surface area contributed by atoms with Crippen molar-refractivity contribution < 1.29 is 9.21 Å². The van der Waals surface area contributed by atoms with Gasteiger partial charge in [-0.3, -0.25) is 4.79 Å². The molecule has 0 saturated carbocycles. The summed E-state index contributed by atoms with van der Waals surface area (Å²) in [6.07, 6.45) is 0. The van der Waals surface area contributed by atoms with E-state index in [1.54, 1.807) is 30.3 Å². The number of carbonyl (C=O) groups excluding carboxylic acids is 1. The van der Waals surface area contributed by atoms with Gasteiger partial charge in [-0.05, 0) is 58.4 Å². The van der Waals surface area contributed by atoms with Crippen LogP contribution in [0.2, 0.25) is 5.02 Å². The van der Waals surface area contributed by atoms with Gasteiger partial charge in [-0.2, -0.15) is 0 Å². The minimum atomic E-state index is -0.170. The van der Waals surface area contributed by atoms with Gasteiger partial charge in [0.15, 0.2) is 5.76 Å². The average molecular weight is 414 g/mol. The number of fused-ring (bicyclic) bond motifs is 1. The highest BCUT2D eigenvalue weighted by Crippen LogP contribution is 2.28. The number of furan rings is 1. The highest BCUT2D eigenvalue weighted by atomic mass is 79.9. The minimum Gasteiger partial charge on any atom is -0.453 e. The standard InChI is InChI=1S/C15H7Br2ClO2/c16-9-1-3-11(12(17)7-9)15(19)14-6-8-5-10(18)2-4-13(8)20-14/h1-7H. The maximum atomic E-state index is 12.5. The third-order valence-electron chi connectivity index (χ3n) is 2.88. The van der Waals surface area contributed by atoms with Gasteiger partial charge >= 0.3 is 0 Å². The molecule has 100 valence electrons. The van der Waals surface area contributed by atoms with E-state index in [2.05, 4.69) is 31.9 Å². The van der Waals surface area contributed by atoms with Crippen LogP contribution in [0.4, 0.5) is 0 Å². The fourth-order valence-electron chi connectivity index (χ4n) is 1.93. The van der Waals surface area contributed by atoms with Crippen molar-refractivity contribution >= 4 is 60.2 Å². The van der Waals surface area contributed by atoms with Crippen LogP contribution in [0.5, 0.6) is 0 Å². The van der Waals surface area contributed by atoms with Gasteiger partial charge in [0.2, 0.25) is 5.78 Å². The molecule has 1 aromatic heterocycles. The molecule has 0 fully saturated rings. The molecule has 0 radical (unpaired) electrons. The van der Waals surface area contributed by atoms with Crippen LogP contribution in [0.1, 0.15) is 16.1 Å². The summed E-state index contributed by atoms with van der Waals surface area (Å²) in [5.74, 6) is 0.127. The molecule has 0 amide bonds. The highest BCUT2D eigenvalue weighted by molar-refractivity contribution is 9.11. The largest absolute Gasteiger partial charge is 0.453 e. The number of ketones is 1. The first kappa shape index (κ1) is 13.9. The Morgan fingerprint density at radius 2 is 1.85 bits per heavy atom. The number of rotatable bonds is 2. The molecular formula is C15H7Br2ClO2. The predicted octanol–water partition coefficient (Wildman–Crippen LogP) is 5.84. The van der Waals surface area contributed by atoms with E-state index in [4.69, 9.17) is 16.0 Å². The van der Waals surface area contributed by atoms with Gasteiger partial charge in [0, 0.05) is 24.9 Å². The lowest BCUT2D eigenvalue weighted by Crippen LogP contribution is -2.00. The summed E-state index contributed by atoms with van der Waals surface area (Å²) >= 11 is 12.7. The van der Waals surface area contributed by atoms with Gasteiger partial charge in [-0.1, -0.05) is 27.5 Å². The molecule has 3 aromatic rings. The summed E-state index contributed by atoms with van der Waals surface area (Å²) in [5.41, 5.74) is 1.20. The SMILES string of the molecule is O=C(c1cc2cc(Cl)ccc2o1)c1ccc(Br)cc1Br. The first-order valence-corrected chi connectivity index (χ1v) is 7.70. The molecule has 2 aromatic carbocycles. The molecular weight excluding hydrogens is 407 g/mol. The molecule has 0 bridgehead atoms. The molecule has 0 unspecified atom stereocenters. The van der Waals surface area contributed by atoms with Crippen LogP contribution in [0.3, 0.4) is 0 Å². The Bertz CT molecular complexity index is 824. The summed E-state index contributed by atoms with van der Waals surface area (Å²) in [6.45, 7) is 0. The zero-order valence-corrected chi connectivity index (χ0v) is 13.9. The van der Waals surface area contributed by atoms with Crippen LogP contribution in [-0.4, -0.2) is 5.78 Å². The lowest BCUT2D eigenvalue weighted by molar-refractivity contribution is 0.101. The number of hydrogen-bond acceptors (Lipinski definition) is 2. The van der Waals surface area contributed by atoms with Crippen molar-refractivity contribution in [3.8, 4) is 0 Å². The Kier molecular flexibility index (Phi) is 3.71. The Hall–Kier alpha value is -1.10. The third kappa shape index (κ3) is 2.55. The van der Waals surface area contributed by atoms with E-state index >= 15 is 0 Å². The number of hydrogen-bond donors (Lipinski definition) is 0. The van der Waals surface area contributed by atoms with E-state index in [0.29, 0.717) is 21.9 Å². The molecule has 0 N–H and O–H groups in total. The van der Waals surface area contributed by atoms with Crippen LogP contribution in [-0.2, 0) is 0 Å². The second-order valence-corrected chi connectivity index (χ2v) is 6.45. The van der Waals surface area contributed by atoms with Crippen LogP contribution in [0.25, 0.3) is 11.0 Å². The van der Waals surface area contributed by atoms with Crippen molar-refractivity contribution in [3.63, 3.8) is 0 Å². The topological polar surface area (TPSA) is 30.2 Å². The van der Waals surface area contributed by atoms with Gasteiger partial charge in [-0.25, -0.2) is 0 Å². The van der Waals surface area contributed by atoms with E-state index in [9.17, 15) is 4.79 Å². The zero-order valence-electron chi connectivity index (χ0n) is 9.99. The molecule has 0 spiro atoms. The maximum absolute atomic E-state index is 12.5. The van der Waals surface area contributed by atoms with E-state index in [-0.39, 0.29) is 5.78 Å². The minimum absolute atomic E-state index is 0.170. The second-order valence-electron chi connectivity index (χ2n) is 4.25. The Morgan fingerprint density at radius 3 is 2.60 bits per heavy atom. The Labute approximate surface area is 137 Å². The monoisotopic (exact) mass is 412 g/mol. The highest BCUT2D eigenvalue weighted by Gasteiger charge is 2.17. The van der Waals surface area contributed by atoms with Gasteiger partial charge < -0.3 is 4.42 Å². The lowest BCUT2D eigenvalue weighted by Gasteiger charge is -2.01. The van der Waals surface area contributed by atoms with E-state index in [0.717, 1.165) is 14.3 Å². The fraction of sp³-hybridized carbons (Fsp3) is 0. The van der Waals surface area contributed by atoms with Crippen LogP contribution >= 0.6 is 43.5 Å². The summed E-state index contributed by atoms with van der Waals surface area (Å²) in [6, 6.07) is 12.4. The summed E-state index contributed by atoms with van der Waals surface area (Å²) < 4.78 is 7.20. The zero-order chi connectivity index (χ0) is 14.3. The molecule has 5 heteroatoms. The Morgan fingerprint density at radius 1 is 1.05 bits per heavy atom. The quantitative estimate of drug-likeness (QED) is 0.493. The first-order chi connectivity index (χ1) is 9.54. The normalized spacial score (nSPS) is 10.9. The molecule has 0 saturated heterocycles. The Balaban J connectivity index is 2.08. The van der Waals surface area contributed by atoms with Crippen LogP contribution in [0.15, 0.2) is 55.8 Å². The van der Waals surface area contributed by atoms with E-state index < -0.39 is 0 Å². The molecule has 0 atom stereocenters. The number of halogens is 3. The third-order valence-corrected chi connectivity index (χ3v) is 4.26. The van der Waals surface area contributed by atoms with Crippen molar-refractivity contribution in [2.75, 3.05) is 0 Å². The average Bonchev–Trinajstić information content (AvgIpc) is 2.81. The molecule has 3 rings (SSSR count). The van der Waals surface area contributed by atoms with E-state index in [1.165, 1.54) is 0 Å². The molecule has 20 heavy (non-hydrogen) atoms. The van der Waals surface area contributed by atoms with Crippen LogP contribution < -0.4 is 0 Å². The molecule has 0 aliphatic rings. The maximum Gasteiger partial charge on any atom is 0.229 e. The smallest absolute Gasteiger partial charge is 0.229 e. The predicted molar refractivity (Wildman–Crippen MR) is 86.5 cm³/mol. The van der Waals surface area contributed by atoms with Crippen molar-refractivity contribution in [1.82, 2.24) is 0 Å². The molecule has 2 nitrogen and oxygen atoms in total. The number of benzene rings is 2. The van der Waals surface area contributed by atoms with Crippen molar-refractivity contribution in [3.05, 3.63) is 67.8 Å². The fourth-order valence-corrected chi connectivity index (χ4v) is 3.34. The van der Waals surface area contributed by atoms with Gasteiger partial charge in [-0.15, -0.1) is 0 Å². The van der Waals surface area contributed by atoms with Crippen LogP contribution in [0, 0.1) is 0 Å². The molecule has 1 heterocycles. The number of carbonyl (C=O) groups is 1. The summed E-state index contributed by atoms with van der Waals surface area (Å²) in [4.78, 5) is 12.5.